The molecule has 26 heavy (non-hydrogen) atoms. The van der Waals surface area contributed by atoms with Crippen LogP contribution in [0, 0.1) is 0 Å². The second-order valence-corrected chi connectivity index (χ2v) is 7.33. The van der Waals surface area contributed by atoms with Crippen molar-refractivity contribution >= 4 is 26.7 Å². The largest absolute Gasteiger partial charge is 0.455 e. The van der Waals surface area contributed by atoms with Gasteiger partial charge in [0.05, 0.1) is 5.56 Å². The van der Waals surface area contributed by atoms with Gasteiger partial charge in [-0.1, -0.05) is 24.3 Å². The zero-order valence-electron chi connectivity index (χ0n) is 12.8. The summed E-state index contributed by atoms with van der Waals surface area (Å²) in [5.74, 6) is -0.750. The van der Waals surface area contributed by atoms with E-state index in [2.05, 4.69) is 14.1 Å². The smallest absolute Gasteiger partial charge is 0.420 e. The van der Waals surface area contributed by atoms with E-state index in [-0.39, 0.29) is 10.9 Å². The maximum Gasteiger partial charge on any atom is 0.420 e. The number of nitrogens with one attached hydrogen (secondary N) is 1. The monoisotopic (exact) mass is 401 g/mol. The minimum atomic E-state index is -4.81. The number of alkyl halides is 3. The summed E-state index contributed by atoms with van der Waals surface area (Å²) in [6.07, 6.45) is -3.69. The van der Waals surface area contributed by atoms with Gasteiger partial charge in [0.25, 0.3) is 10.0 Å². The number of ether oxygens (including phenoxy) is 1. The van der Waals surface area contributed by atoms with Crippen molar-refractivity contribution < 1.29 is 26.3 Å². The van der Waals surface area contributed by atoms with Crippen molar-refractivity contribution in [1.29, 1.82) is 0 Å². The van der Waals surface area contributed by atoms with E-state index in [1.807, 2.05) is 0 Å². The number of aromatic nitrogens is 2. The molecule has 0 saturated carbocycles. The van der Waals surface area contributed by atoms with Crippen LogP contribution in [0.15, 0.2) is 59.8 Å². The van der Waals surface area contributed by atoms with Crippen molar-refractivity contribution in [3.05, 3.63) is 60.4 Å². The van der Waals surface area contributed by atoms with Gasteiger partial charge < -0.3 is 4.74 Å². The van der Waals surface area contributed by atoms with Crippen molar-refractivity contribution in [2.45, 2.75) is 11.1 Å². The third-order valence-electron chi connectivity index (χ3n) is 3.12. The quantitative estimate of drug-likeness (QED) is 0.695. The Balaban J connectivity index is 2.12. The number of halogens is 3. The molecular formula is C15H10F3N3O3S2. The number of anilines is 1. The van der Waals surface area contributed by atoms with Crippen molar-refractivity contribution in [2.75, 3.05) is 4.72 Å². The fraction of sp³-hybridized carbons (Fsp3) is 0.0667. The molecule has 1 aromatic heterocycles. The van der Waals surface area contributed by atoms with Gasteiger partial charge >= 0.3 is 6.18 Å². The molecule has 0 aliphatic carbocycles. The van der Waals surface area contributed by atoms with Crippen LogP contribution in [0.3, 0.4) is 0 Å². The van der Waals surface area contributed by atoms with Gasteiger partial charge in [-0.25, -0.2) is 13.4 Å². The Kier molecular flexibility index (Phi) is 4.83. The zero-order chi connectivity index (χ0) is 18.8. The molecule has 0 atom stereocenters. The molecule has 11 heteroatoms. The van der Waals surface area contributed by atoms with E-state index in [1.165, 1.54) is 12.1 Å². The number of sulfonamides is 1. The highest BCUT2D eigenvalue weighted by Gasteiger charge is 2.38. The Labute approximate surface area is 150 Å². The molecule has 0 unspecified atom stereocenters. The van der Waals surface area contributed by atoms with Crippen LogP contribution in [0.1, 0.15) is 5.56 Å². The third-order valence-corrected chi connectivity index (χ3v) is 5.19. The van der Waals surface area contributed by atoms with Gasteiger partial charge in [-0.3, -0.25) is 4.72 Å². The number of rotatable bonds is 5. The van der Waals surface area contributed by atoms with E-state index in [1.54, 1.807) is 18.2 Å². The lowest BCUT2D eigenvalue weighted by Crippen LogP contribution is -2.16. The second kappa shape index (κ2) is 6.92. The van der Waals surface area contributed by atoms with E-state index in [0.717, 1.165) is 36.1 Å². The highest BCUT2D eigenvalue weighted by Crippen LogP contribution is 2.42. The summed E-state index contributed by atoms with van der Waals surface area (Å²) in [6.45, 7) is 0. The Hall–Kier alpha value is -2.66. The molecule has 2 aromatic carbocycles. The third kappa shape index (κ3) is 3.94. The first-order chi connectivity index (χ1) is 12.3. The van der Waals surface area contributed by atoms with Crippen LogP contribution in [0.5, 0.6) is 11.5 Å². The fourth-order valence-corrected chi connectivity index (χ4v) is 3.86. The average molecular weight is 401 g/mol. The van der Waals surface area contributed by atoms with Gasteiger partial charge in [0.2, 0.25) is 5.13 Å². The normalized spacial score (nSPS) is 12.0. The van der Waals surface area contributed by atoms with Crippen LogP contribution in [0.25, 0.3) is 0 Å². The van der Waals surface area contributed by atoms with Crippen LogP contribution in [-0.4, -0.2) is 17.8 Å². The molecule has 0 aliphatic heterocycles. The first-order valence-corrected chi connectivity index (χ1v) is 9.25. The number of nitrogens with zero attached hydrogens (tertiary/aromatic N) is 2. The standard InChI is InChI=1S/C15H10F3N3O3S2/c16-15(17,18)11-7-4-8-12(13(11)24-10-5-2-1-3-6-10)26(22,23)21-14-19-9-20-25-14/h1-9H,(H,19,20,21). The summed E-state index contributed by atoms with van der Waals surface area (Å²) in [6, 6.07) is 10.4. The van der Waals surface area contributed by atoms with Gasteiger partial charge in [-0.05, 0) is 24.3 Å². The molecule has 0 bridgehead atoms. The molecule has 3 aromatic rings. The predicted molar refractivity (Wildman–Crippen MR) is 88.7 cm³/mol. The zero-order valence-corrected chi connectivity index (χ0v) is 14.4. The Morgan fingerprint density at radius 1 is 1.04 bits per heavy atom. The van der Waals surface area contributed by atoms with E-state index in [4.69, 9.17) is 4.74 Å². The molecule has 3 rings (SSSR count). The van der Waals surface area contributed by atoms with Gasteiger partial charge in [-0.2, -0.15) is 17.5 Å². The van der Waals surface area contributed by atoms with Crippen molar-refractivity contribution in [1.82, 2.24) is 9.36 Å². The molecule has 0 spiro atoms. The summed E-state index contributed by atoms with van der Waals surface area (Å²) >= 11 is 0.750. The minimum absolute atomic E-state index is 0.0663. The molecule has 1 heterocycles. The van der Waals surface area contributed by atoms with E-state index in [9.17, 15) is 21.6 Å². The Morgan fingerprint density at radius 3 is 2.38 bits per heavy atom. The number of hydrogen-bond acceptors (Lipinski definition) is 6. The van der Waals surface area contributed by atoms with Crippen molar-refractivity contribution in [3.8, 4) is 11.5 Å². The van der Waals surface area contributed by atoms with Crippen LogP contribution in [0.2, 0.25) is 0 Å². The van der Waals surface area contributed by atoms with E-state index >= 15 is 0 Å². The Bertz CT molecular complexity index is 992. The lowest BCUT2D eigenvalue weighted by Gasteiger charge is -2.17. The lowest BCUT2D eigenvalue weighted by atomic mass is 10.2. The molecule has 1 N–H and O–H groups in total. The molecule has 6 nitrogen and oxygen atoms in total. The molecule has 0 radical (unpaired) electrons. The minimum Gasteiger partial charge on any atom is -0.455 e. The second-order valence-electron chi connectivity index (χ2n) is 4.90. The number of benzene rings is 2. The molecular weight excluding hydrogens is 391 g/mol. The first kappa shape index (κ1) is 18.1. The van der Waals surface area contributed by atoms with Gasteiger partial charge in [0, 0.05) is 11.5 Å². The number of hydrogen-bond donors (Lipinski definition) is 1. The topological polar surface area (TPSA) is 81.2 Å². The molecule has 0 aliphatic rings. The van der Waals surface area contributed by atoms with E-state index in [0.29, 0.717) is 0 Å². The summed E-state index contributed by atoms with van der Waals surface area (Å²) in [7, 11) is -4.38. The van der Waals surface area contributed by atoms with Crippen LogP contribution in [-0.2, 0) is 16.2 Å². The summed E-state index contributed by atoms with van der Waals surface area (Å²) in [5.41, 5.74) is -1.21. The predicted octanol–water partition coefficient (Wildman–Crippen LogP) is 4.15. The first-order valence-electron chi connectivity index (χ1n) is 7.00. The van der Waals surface area contributed by atoms with Crippen LogP contribution in [0.4, 0.5) is 18.3 Å². The van der Waals surface area contributed by atoms with E-state index < -0.39 is 32.4 Å². The van der Waals surface area contributed by atoms with Gasteiger partial charge in [0.1, 0.15) is 17.0 Å². The highest BCUT2D eigenvalue weighted by atomic mass is 32.2. The molecule has 0 saturated heterocycles. The molecule has 0 amide bonds. The Morgan fingerprint density at radius 2 is 1.77 bits per heavy atom. The average Bonchev–Trinajstić information content (AvgIpc) is 3.07. The van der Waals surface area contributed by atoms with Crippen molar-refractivity contribution in [3.63, 3.8) is 0 Å². The lowest BCUT2D eigenvalue weighted by molar-refractivity contribution is -0.138. The van der Waals surface area contributed by atoms with Gasteiger partial charge in [-0.15, -0.1) is 0 Å². The highest BCUT2D eigenvalue weighted by molar-refractivity contribution is 7.93. The van der Waals surface area contributed by atoms with Crippen LogP contribution < -0.4 is 9.46 Å². The van der Waals surface area contributed by atoms with Crippen LogP contribution >= 0.6 is 11.5 Å². The summed E-state index contributed by atoms with van der Waals surface area (Å²) < 4.78 is 76.3. The van der Waals surface area contributed by atoms with Crippen molar-refractivity contribution in [2.24, 2.45) is 0 Å². The summed E-state index contributed by atoms with van der Waals surface area (Å²) in [5, 5.41) is -0.0759. The SMILES string of the molecule is O=S(=O)(Nc1ncns1)c1cccc(C(F)(F)F)c1Oc1ccccc1. The van der Waals surface area contributed by atoms with Gasteiger partial charge in [0.15, 0.2) is 5.75 Å². The molecule has 136 valence electrons. The fourth-order valence-electron chi connectivity index (χ4n) is 2.05. The maximum atomic E-state index is 13.4. The number of para-hydroxylation sites is 2. The maximum absolute atomic E-state index is 13.4. The summed E-state index contributed by atoms with van der Waals surface area (Å²) in [4.78, 5) is 3.01. The molecule has 0 fully saturated rings.